The molecule has 1 aromatic heterocycles. The van der Waals surface area contributed by atoms with E-state index in [9.17, 15) is 17.6 Å². The van der Waals surface area contributed by atoms with Gasteiger partial charge in [-0.3, -0.25) is 9.52 Å². The number of aryl methyl sites for hydroxylation is 1. The maximum Gasteiger partial charge on any atom is 0.265 e. The largest absolute Gasteiger partial charge is 0.338 e. The summed E-state index contributed by atoms with van der Waals surface area (Å²) in [5.41, 5.74) is 0.481. The molecule has 0 bridgehead atoms. The Morgan fingerprint density at radius 3 is 2.31 bits per heavy atom. The summed E-state index contributed by atoms with van der Waals surface area (Å²) >= 11 is 1.01. The first-order chi connectivity index (χ1) is 12.3. The Kier molecular flexibility index (Phi) is 6.71. The second kappa shape index (κ2) is 8.59. The van der Waals surface area contributed by atoms with E-state index < -0.39 is 15.8 Å². The second-order valence-corrected chi connectivity index (χ2v) is 8.47. The number of carbonyl (C=O) groups excluding carboxylic acids is 1. The molecular weight excluding hydrogens is 377 g/mol. The third-order valence-electron chi connectivity index (χ3n) is 3.61. The number of sulfonamides is 1. The first-order valence-corrected chi connectivity index (χ1v) is 10.6. The summed E-state index contributed by atoms with van der Waals surface area (Å²) in [7, 11) is -3.89. The highest BCUT2D eigenvalue weighted by atomic mass is 32.2. The third-order valence-corrected chi connectivity index (χ3v) is 6.16. The van der Waals surface area contributed by atoms with E-state index in [1.54, 1.807) is 11.8 Å². The Morgan fingerprint density at radius 1 is 1.19 bits per heavy atom. The van der Waals surface area contributed by atoms with Gasteiger partial charge in [0, 0.05) is 13.1 Å². The standard InChI is InChI=1S/C17H22FN3O3S2/c1-4-10-21(11-5-2)16(22)15-12(3)19-17(25-15)20-26(23,24)14-8-6-13(18)7-9-14/h6-9H,4-5,10-11H2,1-3H3,(H,19,20). The van der Waals surface area contributed by atoms with Crippen LogP contribution < -0.4 is 4.72 Å². The molecule has 142 valence electrons. The summed E-state index contributed by atoms with van der Waals surface area (Å²) < 4.78 is 40.1. The van der Waals surface area contributed by atoms with Crippen LogP contribution in [0.5, 0.6) is 0 Å². The first kappa shape index (κ1) is 20.3. The van der Waals surface area contributed by atoms with Crippen LogP contribution in [0.3, 0.4) is 0 Å². The van der Waals surface area contributed by atoms with E-state index in [4.69, 9.17) is 0 Å². The quantitative estimate of drug-likeness (QED) is 0.735. The number of nitrogens with zero attached hydrogens (tertiary/aromatic N) is 2. The zero-order valence-electron chi connectivity index (χ0n) is 15.0. The number of rotatable bonds is 8. The second-order valence-electron chi connectivity index (χ2n) is 5.79. The van der Waals surface area contributed by atoms with Crippen LogP contribution >= 0.6 is 11.3 Å². The fourth-order valence-corrected chi connectivity index (χ4v) is 4.59. The molecule has 26 heavy (non-hydrogen) atoms. The van der Waals surface area contributed by atoms with Gasteiger partial charge in [-0.1, -0.05) is 25.2 Å². The summed E-state index contributed by atoms with van der Waals surface area (Å²) in [6, 6.07) is 4.50. The molecule has 9 heteroatoms. The van der Waals surface area contributed by atoms with Crippen LogP contribution in [-0.4, -0.2) is 37.3 Å². The minimum atomic E-state index is -3.89. The van der Waals surface area contributed by atoms with Gasteiger partial charge in [-0.2, -0.15) is 0 Å². The molecule has 0 spiro atoms. The van der Waals surface area contributed by atoms with Gasteiger partial charge in [-0.15, -0.1) is 0 Å². The van der Waals surface area contributed by atoms with Crippen LogP contribution in [0.15, 0.2) is 29.2 Å². The lowest BCUT2D eigenvalue weighted by Gasteiger charge is -2.20. The molecule has 0 atom stereocenters. The minimum absolute atomic E-state index is 0.0711. The summed E-state index contributed by atoms with van der Waals surface area (Å²) in [5, 5.41) is 0.114. The Labute approximate surface area is 157 Å². The van der Waals surface area contributed by atoms with Crippen molar-refractivity contribution in [1.29, 1.82) is 0 Å². The van der Waals surface area contributed by atoms with E-state index in [0.717, 1.165) is 36.3 Å². The van der Waals surface area contributed by atoms with E-state index in [1.165, 1.54) is 12.1 Å². The number of amides is 1. The van der Waals surface area contributed by atoms with Crippen LogP contribution in [0.4, 0.5) is 9.52 Å². The molecule has 0 fully saturated rings. The van der Waals surface area contributed by atoms with Crippen LogP contribution in [-0.2, 0) is 10.0 Å². The fourth-order valence-electron chi connectivity index (χ4n) is 2.42. The van der Waals surface area contributed by atoms with Gasteiger partial charge in [0.1, 0.15) is 10.7 Å². The van der Waals surface area contributed by atoms with Crippen LogP contribution in [0.1, 0.15) is 42.1 Å². The van der Waals surface area contributed by atoms with Crippen molar-refractivity contribution in [3.8, 4) is 0 Å². The van der Waals surface area contributed by atoms with Gasteiger partial charge in [-0.25, -0.2) is 17.8 Å². The lowest BCUT2D eigenvalue weighted by atomic mass is 10.3. The summed E-state index contributed by atoms with van der Waals surface area (Å²) in [6.45, 7) is 6.95. The van der Waals surface area contributed by atoms with Crippen molar-refractivity contribution >= 4 is 32.4 Å². The number of hydrogen-bond acceptors (Lipinski definition) is 5. The highest BCUT2D eigenvalue weighted by Gasteiger charge is 2.23. The summed E-state index contributed by atoms with van der Waals surface area (Å²) in [6.07, 6.45) is 1.68. The van der Waals surface area contributed by atoms with Gasteiger partial charge in [0.25, 0.3) is 15.9 Å². The van der Waals surface area contributed by atoms with Crippen molar-refractivity contribution in [2.45, 2.75) is 38.5 Å². The van der Waals surface area contributed by atoms with E-state index in [2.05, 4.69) is 9.71 Å². The number of anilines is 1. The van der Waals surface area contributed by atoms with Gasteiger partial charge < -0.3 is 4.90 Å². The van der Waals surface area contributed by atoms with Crippen LogP contribution in [0.2, 0.25) is 0 Å². The monoisotopic (exact) mass is 399 g/mol. The first-order valence-electron chi connectivity index (χ1n) is 8.33. The number of thiazole rings is 1. The van der Waals surface area contributed by atoms with Crippen molar-refractivity contribution in [3.05, 3.63) is 40.7 Å². The lowest BCUT2D eigenvalue weighted by Crippen LogP contribution is -2.32. The highest BCUT2D eigenvalue weighted by molar-refractivity contribution is 7.93. The average molecular weight is 400 g/mol. The smallest absolute Gasteiger partial charge is 0.265 e. The molecule has 0 saturated carbocycles. The summed E-state index contributed by atoms with van der Waals surface area (Å²) in [4.78, 5) is 19.0. The zero-order chi connectivity index (χ0) is 19.3. The Bertz CT molecular complexity index is 858. The molecule has 1 aromatic carbocycles. The lowest BCUT2D eigenvalue weighted by molar-refractivity contribution is 0.0759. The van der Waals surface area contributed by atoms with Gasteiger partial charge >= 0.3 is 0 Å². The number of benzene rings is 1. The van der Waals surface area contributed by atoms with Gasteiger partial charge in [0.2, 0.25) is 0 Å². The molecule has 1 amide bonds. The predicted molar refractivity (Wildman–Crippen MR) is 101 cm³/mol. The van der Waals surface area contributed by atoms with E-state index >= 15 is 0 Å². The predicted octanol–water partition coefficient (Wildman–Crippen LogP) is 3.65. The molecule has 0 saturated heterocycles. The molecule has 0 unspecified atom stereocenters. The number of carbonyl (C=O) groups is 1. The van der Waals surface area contributed by atoms with E-state index in [1.807, 2.05) is 13.8 Å². The Morgan fingerprint density at radius 2 is 1.77 bits per heavy atom. The van der Waals surface area contributed by atoms with Gasteiger partial charge in [0.05, 0.1) is 10.6 Å². The molecule has 6 nitrogen and oxygen atoms in total. The molecule has 1 heterocycles. The van der Waals surface area contributed by atoms with Crippen LogP contribution in [0.25, 0.3) is 0 Å². The van der Waals surface area contributed by atoms with Crippen molar-refractivity contribution in [1.82, 2.24) is 9.88 Å². The molecule has 2 rings (SSSR count). The van der Waals surface area contributed by atoms with Crippen molar-refractivity contribution < 1.29 is 17.6 Å². The van der Waals surface area contributed by atoms with Crippen molar-refractivity contribution in [2.75, 3.05) is 17.8 Å². The van der Waals surface area contributed by atoms with Crippen molar-refractivity contribution in [3.63, 3.8) is 0 Å². The Balaban J connectivity index is 2.24. The fraction of sp³-hybridized carbons (Fsp3) is 0.412. The maximum absolute atomic E-state index is 13.0. The number of nitrogens with one attached hydrogen (secondary N) is 1. The molecule has 0 radical (unpaired) electrons. The minimum Gasteiger partial charge on any atom is -0.338 e. The number of aromatic nitrogens is 1. The molecule has 1 N–H and O–H groups in total. The Hall–Kier alpha value is -2.00. The van der Waals surface area contributed by atoms with Crippen molar-refractivity contribution in [2.24, 2.45) is 0 Å². The molecule has 0 aliphatic carbocycles. The number of halogens is 1. The molecular formula is C17H22FN3O3S2. The SMILES string of the molecule is CCCN(CCC)C(=O)c1sc(NS(=O)(=O)c2ccc(F)cc2)nc1C. The van der Waals surface area contributed by atoms with Crippen LogP contribution in [0, 0.1) is 12.7 Å². The number of hydrogen-bond donors (Lipinski definition) is 1. The summed E-state index contributed by atoms with van der Waals surface area (Å²) in [5.74, 6) is -0.662. The van der Waals surface area contributed by atoms with Gasteiger partial charge in [0.15, 0.2) is 5.13 Å². The highest BCUT2D eigenvalue weighted by Crippen LogP contribution is 2.26. The molecule has 0 aliphatic heterocycles. The maximum atomic E-state index is 13.0. The zero-order valence-corrected chi connectivity index (χ0v) is 16.6. The average Bonchev–Trinajstić information content (AvgIpc) is 2.94. The molecule has 2 aromatic rings. The third kappa shape index (κ3) is 4.79. The normalized spacial score (nSPS) is 11.4. The van der Waals surface area contributed by atoms with Gasteiger partial charge in [-0.05, 0) is 44.0 Å². The van der Waals surface area contributed by atoms with E-state index in [0.29, 0.717) is 23.7 Å². The topological polar surface area (TPSA) is 79.4 Å². The molecule has 0 aliphatic rings. The van der Waals surface area contributed by atoms with E-state index in [-0.39, 0.29) is 15.9 Å².